The molecule has 0 saturated heterocycles. The Kier molecular flexibility index (Phi) is 3.64. The number of nitrogens with zero attached hydrogens (tertiary/aromatic N) is 2. The smallest absolute Gasteiger partial charge is 0.223 e. The highest BCUT2D eigenvalue weighted by Crippen LogP contribution is 2.23. The fourth-order valence-corrected chi connectivity index (χ4v) is 1.79. The Balaban J connectivity index is 2.09. The first kappa shape index (κ1) is 13.6. The van der Waals surface area contributed by atoms with Crippen molar-refractivity contribution in [3.8, 4) is 0 Å². The van der Waals surface area contributed by atoms with Crippen molar-refractivity contribution in [3.63, 3.8) is 0 Å². The summed E-state index contributed by atoms with van der Waals surface area (Å²) in [5, 5.41) is 13.5. The van der Waals surface area contributed by atoms with Crippen LogP contribution in [0.1, 0.15) is 18.4 Å². The van der Waals surface area contributed by atoms with Gasteiger partial charge in [0.25, 0.3) is 0 Å². The molecule has 7 heteroatoms. The molecule has 19 heavy (non-hydrogen) atoms. The summed E-state index contributed by atoms with van der Waals surface area (Å²) in [6.07, 6.45) is 0. The number of hydrogen-bond donors (Lipinski definition) is 3. The minimum absolute atomic E-state index is 0.0727. The molecule has 4 N–H and O–H groups in total. The van der Waals surface area contributed by atoms with Gasteiger partial charge in [0, 0.05) is 6.07 Å². The van der Waals surface area contributed by atoms with Gasteiger partial charge in [0.15, 0.2) is 0 Å². The van der Waals surface area contributed by atoms with Gasteiger partial charge < -0.3 is 20.6 Å². The van der Waals surface area contributed by atoms with Crippen LogP contribution in [0.2, 0.25) is 5.15 Å². The van der Waals surface area contributed by atoms with E-state index in [-0.39, 0.29) is 17.6 Å². The lowest BCUT2D eigenvalue weighted by Crippen LogP contribution is -2.30. The summed E-state index contributed by atoms with van der Waals surface area (Å²) in [6.45, 7) is 3.66. The van der Waals surface area contributed by atoms with Crippen molar-refractivity contribution in [2.75, 3.05) is 17.6 Å². The second kappa shape index (κ2) is 5.07. The molecule has 102 valence electrons. The molecule has 2 rings (SSSR count). The van der Waals surface area contributed by atoms with Crippen molar-refractivity contribution >= 4 is 23.4 Å². The van der Waals surface area contributed by atoms with Crippen LogP contribution in [0, 0.1) is 6.92 Å². The van der Waals surface area contributed by atoms with Gasteiger partial charge in [-0.2, -0.15) is 4.98 Å². The number of aryl methyl sites for hydroxylation is 1. The van der Waals surface area contributed by atoms with Crippen molar-refractivity contribution in [2.45, 2.75) is 19.4 Å². The van der Waals surface area contributed by atoms with Crippen LogP contribution in [0.15, 0.2) is 22.6 Å². The van der Waals surface area contributed by atoms with Gasteiger partial charge >= 0.3 is 0 Å². The van der Waals surface area contributed by atoms with E-state index in [0.29, 0.717) is 11.6 Å². The van der Waals surface area contributed by atoms with Crippen molar-refractivity contribution in [2.24, 2.45) is 0 Å². The number of halogens is 1. The maximum absolute atomic E-state index is 10.3. The van der Waals surface area contributed by atoms with Crippen LogP contribution in [-0.4, -0.2) is 21.6 Å². The lowest BCUT2D eigenvalue weighted by molar-refractivity contribution is 0.0467. The lowest BCUT2D eigenvalue weighted by atomic mass is 10.0. The van der Waals surface area contributed by atoms with E-state index in [4.69, 9.17) is 21.8 Å². The third-order valence-electron chi connectivity index (χ3n) is 2.60. The number of hydrogen-bond acceptors (Lipinski definition) is 6. The topological polar surface area (TPSA) is 97.2 Å². The van der Waals surface area contributed by atoms with Gasteiger partial charge in [0.2, 0.25) is 5.95 Å². The quantitative estimate of drug-likeness (QED) is 0.742. The number of anilines is 2. The van der Waals surface area contributed by atoms with Crippen LogP contribution in [0.5, 0.6) is 0 Å². The summed E-state index contributed by atoms with van der Waals surface area (Å²) in [6, 6.07) is 5.06. The highest BCUT2D eigenvalue weighted by molar-refractivity contribution is 6.29. The molecule has 0 aliphatic rings. The van der Waals surface area contributed by atoms with Gasteiger partial charge in [-0.1, -0.05) is 11.6 Å². The molecule has 0 spiro atoms. The minimum atomic E-state index is -1.17. The van der Waals surface area contributed by atoms with E-state index in [1.807, 2.05) is 6.92 Å². The molecule has 0 fully saturated rings. The first-order valence-electron chi connectivity index (χ1n) is 5.70. The zero-order chi connectivity index (χ0) is 14.0. The molecule has 0 radical (unpaired) electrons. The Morgan fingerprint density at radius 3 is 2.79 bits per heavy atom. The number of aliphatic hydroxyl groups is 1. The van der Waals surface area contributed by atoms with E-state index < -0.39 is 5.60 Å². The molecular formula is C12H15ClN4O2. The molecule has 2 aromatic heterocycles. The Labute approximate surface area is 115 Å². The maximum Gasteiger partial charge on any atom is 0.223 e. The van der Waals surface area contributed by atoms with Gasteiger partial charge in [0.05, 0.1) is 6.54 Å². The largest absolute Gasteiger partial charge is 0.463 e. The van der Waals surface area contributed by atoms with Gasteiger partial charge in [-0.05, 0) is 26.0 Å². The maximum atomic E-state index is 10.3. The van der Waals surface area contributed by atoms with E-state index in [2.05, 4.69) is 15.3 Å². The number of nitrogen functional groups attached to an aromatic ring is 1. The van der Waals surface area contributed by atoms with Crippen LogP contribution < -0.4 is 11.1 Å². The van der Waals surface area contributed by atoms with Crippen molar-refractivity contribution < 1.29 is 9.52 Å². The highest BCUT2D eigenvalue weighted by atomic mass is 35.5. The Bertz CT molecular complexity index is 563. The molecular weight excluding hydrogens is 268 g/mol. The normalized spacial score (nSPS) is 14.1. The highest BCUT2D eigenvalue weighted by Gasteiger charge is 2.26. The standard InChI is InChI=1S/C12H15ClN4O2/c1-7-3-4-8(19-7)12(2,18)6-15-10-5-9(13)16-11(14)17-10/h3-5,18H,6H2,1-2H3,(H3,14,15,16,17). The Morgan fingerprint density at radius 2 is 2.21 bits per heavy atom. The van der Waals surface area contributed by atoms with E-state index in [1.165, 1.54) is 6.07 Å². The first-order valence-corrected chi connectivity index (χ1v) is 6.08. The van der Waals surface area contributed by atoms with Crippen LogP contribution >= 0.6 is 11.6 Å². The third-order valence-corrected chi connectivity index (χ3v) is 2.79. The second-order valence-electron chi connectivity index (χ2n) is 4.47. The predicted molar refractivity (Wildman–Crippen MR) is 73.0 cm³/mol. The third kappa shape index (κ3) is 3.36. The van der Waals surface area contributed by atoms with Crippen LogP contribution in [0.4, 0.5) is 11.8 Å². The van der Waals surface area contributed by atoms with Crippen molar-refractivity contribution in [1.29, 1.82) is 0 Å². The summed E-state index contributed by atoms with van der Waals surface area (Å²) < 4.78 is 5.41. The molecule has 6 nitrogen and oxygen atoms in total. The van der Waals surface area contributed by atoms with Crippen molar-refractivity contribution in [1.82, 2.24) is 9.97 Å². The number of rotatable bonds is 4. The van der Waals surface area contributed by atoms with E-state index in [1.54, 1.807) is 19.1 Å². The SMILES string of the molecule is Cc1ccc(C(C)(O)CNc2cc(Cl)nc(N)n2)o1. The summed E-state index contributed by atoms with van der Waals surface area (Å²) in [7, 11) is 0. The molecule has 0 aliphatic carbocycles. The molecule has 1 atom stereocenters. The molecule has 2 heterocycles. The zero-order valence-electron chi connectivity index (χ0n) is 10.6. The average molecular weight is 283 g/mol. The molecule has 2 aromatic rings. The molecule has 0 amide bonds. The van der Waals surface area contributed by atoms with Crippen molar-refractivity contribution in [3.05, 3.63) is 34.9 Å². The van der Waals surface area contributed by atoms with Crippen LogP contribution in [-0.2, 0) is 5.60 Å². The summed E-state index contributed by atoms with van der Waals surface area (Å²) in [5.74, 6) is 1.74. The van der Waals surface area contributed by atoms with Gasteiger partial charge in [-0.3, -0.25) is 0 Å². The van der Waals surface area contributed by atoms with Crippen LogP contribution in [0.3, 0.4) is 0 Å². The Hall–Kier alpha value is -1.79. The number of nitrogens with two attached hydrogens (primary N) is 1. The Morgan fingerprint density at radius 1 is 1.47 bits per heavy atom. The molecule has 0 aliphatic heterocycles. The first-order chi connectivity index (χ1) is 8.87. The minimum Gasteiger partial charge on any atom is -0.463 e. The van der Waals surface area contributed by atoms with Gasteiger partial charge in [-0.25, -0.2) is 4.98 Å². The molecule has 0 bridgehead atoms. The van der Waals surface area contributed by atoms with Gasteiger partial charge in [0.1, 0.15) is 28.1 Å². The molecule has 0 saturated carbocycles. The summed E-state index contributed by atoms with van der Waals surface area (Å²) in [5.41, 5.74) is 4.32. The second-order valence-corrected chi connectivity index (χ2v) is 4.86. The fraction of sp³-hybridized carbons (Fsp3) is 0.333. The number of aromatic nitrogens is 2. The molecule has 0 aromatic carbocycles. The summed E-state index contributed by atoms with van der Waals surface area (Å²) in [4.78, 5) is 7.72. The summed E-state index contributed by atoms with van der Waals surface area (Å²) >= 11 is 5.77. The van der Waals surface area contributed by atoms with E-state index >= 15 is 0 Å². The monoisotopic (exact) mass is 282 g/mol. The molecule has 1 unspecified atom stereocenters. The fourth-order valence-electron chi connectivity index (χ4n) is 1.60. The van der Waals surface area contributed by atoms with E-state index in [9.17, 15) is 5.11 Å². The van der Waals surface area contributed by atoms with E-state index in [0.717, 1.165) is 5.76 Å². The zero-order valence-corrected chi connectivity index (χ0v) is 11.4. The van der Waals surface area contributed by atoms with Crippen LogP contribution in [0.25, 0.3) is 0 Å². The predicted octanol–water partition coefficient (Wildman–Crippen LogP) is 1.93. The number of nitrogens with one attached hydrogen (secondary N) is 1. The average Bonchev–Trinajstić information content (AvgIpc) is 2.73. The number of furan rings is 1. The lowest BCUT2D eigenvalue weighted by Gasteiger charge is -2.21. The van der Waals surface area contributed by atoms with Gasteiger partial charge in [-0.15, -0.1) is 0 Å².